The molecular weight excluding hydrogens is 268 g/mol. The zero-order chi connectivity index (χ0) is 15.2. The minimum atomic E-state index is -0.00128. The van der Waals surface area contributed by atoms with Crippen LogP contribution in [0.3, 0.4) is 0 Å². The fourth-order valence-electron chi connectivity index (χ4n) is 3.41. The van der Waals surface area contributed by atoms with Crippen LogP contribution in [0.2, 0.25) is 0 Å². The number of hydrogen-bond donors (Lipinski definition) is 2. The van der Waals surface area contributed by atoms with Gasteiger partial charge in [-0.1, -0.05) is 12.8 Å². The Labute approximate surface area is 127 Å². The fraction of sp³-hybridized carbons (Fsp3) is 0.875. The van der Waals surface area contributed by atoms with Gasteiger partial charge >= 0.3 is 0 Å². The second-order valence-corrected chi connectivity index (χ2v) is 6.57. The van der Waals surface area contributed by atoms with E-state index in [1.54, 1.807) is 0 Å². The van der Waals surface area contributed by atoms with E-state index in [2.05, 4.69) is 5.32 Å². The van der Waals surface area contributed by atoms with Gasteiger partial charge in [0.1, 0.15) is 0 Å². The smallest absolute Gasteiger partial charge is 0.223 e. The van der Waals surface area contributed by atoms with Gasteiger partial charge in [-0.15, -0.1) is 0 Å². The van der Waals surface area contributed by atoms with Crippen molar-refractivity contribution in [2.24, 2.45) is 5.92 Å². The molecule has 2 atom stereocenters. The third-order valence-corrected chi connectivity index (χ3v) is 4.84. The normalized spacial score (nSPS) is 26.9. The third-order valence-electron chi connectivity index (χ3n) is 4.84. The van der Waals surface area contributed by atoms with Gasteiger partial charge in [0.05, 0.1) is 0 Å². The summed E-state index contributed by atoms with van der Waals surface area (Å²) in [5.41, 5.74) is 0. The average molecular weight is 296 g/mol. The van der Waals surface area contributed by atoms with Crippen LogP contribution in [0.15, 0.2) is 0 Å². The molecule has 2 aliphatic rings. The molecule has 0 radical (unpaired) electrons. The standard InChI is InChI=1S/C16H28N2O3/c1-12-6-7-13(11-19)10-18(12)16(21)9-8-15(20)17-14-4-2-3-5-14/h12-14,19H,2-11H2,1H3,(H,17,20). The van der Waals surface area contributed by atoms with Crippen LogP contribution in [0.4, 0.5) is 0 Å². The first-order valence-electron chi connectivity index (χ1n) is 8.30. The van der Waals surface area contributed by atoms with Crippen molar-refractivity contribution in [1.82, 2.24) is 10.2 Å². The average Bonchev–Trinajstić information content (AvgIpc) is 2.98. The van der Waals surface area contributed by atoms with Gasteiger partial charge in [0, 0.05) is 38.1 Å². The number of nitrogens with one attached hydrogen (secondary N) is 1. The zero-order valence-electron chi connectivity index (χ0n) is 13.0. The van der Waals surface area contributed by atoms with Gasteiger partial charge in [-0.05, 0) is 38.5 Å². The lowest BCUT2D eigenvalue weighted by Gasteiger charge is -2.37. The van der Waals surface area contributed by atoms with Crippen LogP contribution in [0.25, 0.3) is 0 Å². The number of aliphatic hydroxyl groups is 1. The van der Waals surface area contributed by atoms with Gasteiger partial charge < -0.3 is 15.3 Å². The van der Waals surface area contributed by atoms with Crippen LogP contribution in [-0.2, 0) is 9.59 Å². The molecule has 21 heavy (non-hydrogen) atoms. The topological polar surface area (TPSA) is 69.6 Å². The summed E-state index contributed by atoms with van der Waals surface area (Å²) in [5, 5.41) is 12.3. The quantitative estimate of drug-likeness (QED) is 0.806. The van der Waals surface area contributed by atoms with Crippen LogP contribution in [0.1, 0.15) is 58.3 Å². The number of aliphatic hydroxyl groups excluding tert-OH is 1. The summed E-state index contributed by atoms with van der Waals surface area (Å²) < 4.78 is 0. The molecule has 5 heteroatoms. The molecule has 2 rings (SSSR count). The Morgan fingerprint density at radius 3 is 2.52 bits per heavy atom. The lowest BCUT2D eigenvalue weighted by molar-refractivity contribution is -0.137. The van der Waals surface area contributed by atoms with E-state index in [-0.39, 0.29) is 43.2 Å². The molecule has 1 saturated heterocycles. The maximum atomic E-state index is 12.3. The van der Waals surface area contributed by atoms with Gasteiger partial charge in [-0.25, -0.2) is 0 Å². The van der Waals surface area contributed by atoms with E-state index in [1.807, 2.05) is 11.8 Å². The Balaban J connectivity index is 1.73. The first-order valence-corrected chi connectivity index (χ1v) is 8.30. The highest BCUT2D eigenvalue weighted by Gasteiger charge is 2.28. The molecule has 1 aliphatic carbocycles. The number of piperidine rings is 1. The number of carbonyl (C=O) groups is 2. The van der Waals surface area contributed by atoms with Crippen LogP contribution >= 0.6 is 0 Å². The summed E-state index contributed by atoms with van der Waals surface area (Å²) in [6, 6.07) is 0.540. The van der Waals surface area contributed by atoms with E-state index in [0.29, 0.717) is 12.6 Å². The number of carbonyl (C=O) groups excluding carboxylic acids is 2. The highest BCUT2D eigenvalue weighted by atomic mass is 16.3. The Kier molecular flexibility index (Phi) is 6.03. The van der Waals surface area contributed by atoms with Crippen molar-refractivity contribution in [3.8, 4) is 0 Å². The van der Waals surface area contributed by atoms with Gasteiger partial charge in [-0.3, -0.25) is 9.59 Å². The number of rotatable bonds is 5. The lowest BCUT2D eigenvalue weighted by Crippen LogP contribution is -2.46. The molecule has 2 amide bonds. The molecule has 0 aromatic carbocycles. The highest BCUT2D eigenvalue weighted by Crippen LogP contribution is 2.22. The molecule has 1 saturated carbocycles. The summed E-state index contributed by atoms with van der Waals surface area (Å²) >= 11 is 0. The van der Waals surface area contributed by atoms with Crippen LogP contribution in [0, 0.1) is 5.92 Å². The highest BCUT2D eigenvalue weighted by molar-refractivity contribution is 5.84. The molecule has 2 N–H and O–H groups in total. The largest absolute Gasteiger partial charge is 0.396 e. The maximum absolute atomic E-state index is 12.3. The molecule has 1 heterocycles. The second kappa shape index (κ2) is 7.78. The molecule has 2 fully saturated rings. The van der Waals surface area contributed by atoms with E-state index in [4.69, 9.17) is 0 Å². The van der Waals surface area contributed by atoms with Gasteiger partial charge in [0.2, 0.25) is 11.8 Å². The van der Waals surface area contributed by atoms with E-state index < -0.39 is 0 Å². The minimum Gasteiger partial charge on any atom is -0.396 e. The van der Waals surface area contributed by atoms with E-state index >= 15 is 0 Å². The summed E-state index contributed by atoms with van der Waals surface area (Å²) in [5.74, 6) is 0.235. The molecule has 5 nitrogen and oxygen atoms in total. The van der Waals surface area contributed by atoms with E-state index in [9.17, 15) is 14.7 Å². The molecule has 0 bridgehead atoms. The Bertz CT molecular complexity index is 367. The van der Waals surface area contributed by atoms with Crippen molar-refractivity contribution in [2.75, 3.05) is 13.2 Å². The number of nitrogens with zero attached hydrogens (tertiary/aromatic N) is 1. The Morgan fingerprint density at radius 2 is 1.86 bits per heavy atom. The van der Waals surface area contributed by atoms with Gasteiger partial charge in [-0.2, -0.15) is 0 Å². The molecule has 0 spiro atoms. The first kappa shape index (κ1) is 16.3. The summed E-state index contributed by atoms with van der Waals surface area (Å²) in [7, 11) is 0. The second-order valence-electron chi connectivity index (χ2n) is 6.57. The Morgan fingerprint density at radius 1 is 1.14 bits per heavy atom. The molecule has 0 aromatic heterocycles. The van der Waals surface area contributed by atoms with Crippen LogP contribution in [-0.4, -0.2) is 47.1 Å². The fourth-order valence-corrected chi connectivity index (χ4v) is 3.41. The number of likely N-dealkylation sites (tertiary alicyclic amines) is 1. The van der Waals surface area contributed by atoms with Gasteiger partial charge in [0.15, 0.2) is 0 Å². The lowest BCUT2D eigenvalue weighted by atomic mass is 9.93. The zero-order valence-corrected chi connectivity index (χ0v) is 13.0. The number of amides is 2. The summed E-state index contributed by atoms with van der Waals surface area (Å²) in [4.78, 5) is 26.0. The maximum Gasteiger partial charge on any atom is 0.223 e. The molecule has 2 unspecified atom stereocenters. The molecule has 0 aromatic rings. The van der Waals surface area contributed by atoms with Crippen LogP contribution in [0.5, 0.6) is 0 Å². The van der Waals surface area contributed by atoms with Crippen molar-refractivity contribution < 1.29 is 14.7 Å². The molecule has 120 valence electrons. The summed E-state index contributed by atoms with van der Waals surface area (Å²) in [6.07, 6.45) is 7.00. The van der Waals surface area contributed by atoms with Gasteiger partial charge in [0.25, 0.3) is 0 Å². The Hall–Kier alpha value is -1.10. The van der Waals surface area contributed by atoms with Crippen molar-refractivity contribution in [1.29, 1.82) is 0 Å². The minimum absolute atomic E-state index is 0.00128. The van der Waals surface area contributed by atoms with Crippen molar-refractivity contribution in [3.63, 3.8) is 0 Å². The van der Waals surface area contributed by atoms with E-state index in [0.717, 1.165) is 25.7 Å². The van der Waals surface area contributed by atoms with Crippen molar-refractivity contribution in [2.45, 2.75) is 70.4 Å². The van der Waals surface area contributed by atoms with Crippen molar-refractivity contribution >= 4 is 11.8 Å². The number of hydrogen-bond acceptors (Lipinski definition) is 3. The monoisotopic (exact) mass is 296 g/mol. The van der Waals surface area contributed by atoms with Crippen molar-refractivity contribution in [3.05, 3.63) is 0 Å². The van der Waals surface area contributed by atoms with Crippen LogP contribution < -0.4 is 5.32 Å². The predicted molar refractivity (Wildman–Crippen MR) is 80.6 cm³/mol. The molecule has 1 aliphatic heterocycles. The summed E-state index contributed by atoms with van der Waals surface area (Å²) in [6.45, 7) is 2.81. The van der Waals surface area contributed by atoms with E-state index in [1.165, 1.54) is 12.8 Å². The third kappa shape index (κ3) is 4.70. The SMILES string of the molecule is CC1CCC(CO)CN1C(=O)CCC(=O)NC1CCCC1. The molecular formula is C16H28N2O3. The predicted octanol–water partition coefficient (Wildman–Crippen LogP) is 1.44. The first-order chi connectivity index (χ1) is 10.1.